The summed E-state index contributed by atoms with van der Waals surface area (Å²) >= 11 is 0. The summed E-state index contributed by atoms with van der Waals surface area (Å²) in [5, 5.41) is 3.97. The van der Waals surface area contributed by atoms with Gasteiger partial charge in [-0.2, -0.15) is 5.10 Å². The minimum absolute atomic E-state index is 0.318. The summed E-state index contributed by atoms with van der Waals surface area (Å²) in [5.74, 6) is 0.425. The number of amides is 1. The zero-order valence-electron chi connectivity index (χ0n) is 17.5. The van der Waals surface area contributed by atoms with E-state index in [1.165, 1.54) is 6.21 Å². The van der Waals surface area contributed by atoms with Gasteiger partial charge in [0.05, 0.1) is 18.4 Å². The van der Waals surface area contributed by atoms with Gasteiger partial charge < -0.3 is 9.47 Å². The molecule has 3 rings (SSSR count). The van der Waals surface area contributed by atoms with Gasteiger partial charge >= 0.3 is 5.97 Å². The highest BCUT2D eigenvalue weighted by molar-refractivity contribution is 5.95. The van der Waals surface area contributed by atoms with Gasteiger partial charge in [-0.1, -0.05) is 24.6 Å². The quantitative estimate of drug-likeness (QED) is 0.248. The average molecular weight is 416 g/mol. The SMILES string of the molecule is CCCOc1ccc(C(=O)N/N=C\c2ccc(OC(=O)c3cccc(C)c3)cc2)cc1. The van der Waals surface area contributed by atoms with E-state index in [0.29, 0.717) is 23.5 Å². The van der Waals surface area contributed by atoms with Gasteiger partial charge in [0.15, 0.2) is 0 Å². The largest absolute Gasteiger partial charge is 0.494 e. The van der Waals surface area contributed by atoms with Crippen LogP contribution in [0.15, 0.2) is 77.9 Å². The van der Waals surface area contributed by atoms with Crippen LogP contribution in [-0.4, -0.2) is 24.7 Å². The number of hydrogen-bond donors (Lipinski definition) is 1. The van der Waals surface area contributed by atoms with Crippen LogP contribution < -0.4 is 14.9 Å². The molecule has 0 fully saturated rings. The number of benzene rings is 3. The molecule has 0 aliphatic rings. The molecular formula is C25H24N2O4. The van der Waals surface area contributed by atoms with Crippen molar-refractivity contribution < 1.29 is 19.1 Å². The van der Waals surface area contributed by atoms with E-state index in [2.05, 4.69) is 10.5 Å². The third-order valence-electron chi connectivity index (χ3n) is 4.31. The van der Waals surface area contributed by atoms with Crippen LogP contribution >= 0.6 is 0 Å². The fourth-order valence-electron chi connectivity index (χ4n) is 2.71. The van der Waals surface area contributed by atoms with Gasteiger partial charge in [-0.15, -0.1) is 0 Å². The lowest BCUT2D eigenvalue weighted by Gasteiger charge is -2.06. The maximum absolute atomic E-state index is 12.2. The first-order valence-electron chi connectivity index (χ1n) is 10.0. The van der Waals surface area contributed by atoms with Gasteiger partial charge in [-0.3, -0.25) is 4.79 Å². The number of rotatable bonds is 8. The highest BCUT2D eigenvalue weighted by Gasteiger charge is 2.08. The molecule has 158 valence electrons. The number of hydrogen-bond acceptors (Lipinski definition) is 5. The van der Waals surface area contributed by atoms with Crippen molar-refractivity contribution in [2.24, 2.45) is 5.10 Å². The highest BCUT2D eigenvalue weighted by atomic mass is 16.5. The molecule has 0 aliphatic carbocycles. The number of ether oxygens (including phenoxy) is 2. The van der Waals surface area contributed by atoms with Gasteiger partial charge in [0.25, 0.3) is 5.91 Å². The number of nitrogens with zero attached hydrogens (tertiary/aromatic N) is 1. The molecule has 0 spiro atoms. The van der Waals surface area contributed by atoms with Crippen LogP contribution in [0, 0.1) is 6.92 Å². The molecule has 0 atom stereocenters. The van der Waals surface area contributed by atoms with E-state index in [1.807, 2.05) is 26.0 Å². The lowest BCUT2D eigenvalue weighted by atomic mass is 10.1. The number of aryl methyl sites for hydroxylation is 1. The predicted octanol–water partition coefficient (Wildman–Crippen LogP) is 4.77. The maximum Gasteiger partial charge on any atom is 0.343 e. The lowest BCUT2D eigenvalue weighted by molar-refractivity contribution is 0.0734. The Morgan fingerprint density at radius 1 is 0.935 bits per heavy atom. The highest BCUT2D eigenvalue weighted by Crippen LogP contribution is 2.15. The molecule has 6 nitrogen and oxygen atoms in total. The Morgan fingerprint density at radius 2 is 1.65 bits per heavy atom. The first-order chi connectivity index (χ1) is 15.0. The molecule has 31 heavy (non-hydrogen) atoms. The van der Waals surface area contributed by atoms with Gasteiger partial charge in [-0.05, 0) is 79.6 Å². The second-order valence-electron chi connectivity index (χ2n) is 6.90. The maximum atomic E-state index is 12.2. The zero-order valence-corrected chi connectivity index (χ0v) is 17.5. The molecule has 3 aromatic rings. The molecule has 0 heterocycles. The summed E-state index contributed by atoms with van der Waals surface area (Å²) in [5.41, 5.74) is 5.21. The fraction of sp³-hybridized carbons (Fsp3) is 0.160. The van der Waals surface area contributed by atoms with Crippen molar-refractivity contribution in [2.75, 3.05) is 6.61 Å². The molecule has 0 saturated heterocycles. The summed E-state index contributed by atoms with van der Waals surface area (Å²) in [4.78, 5) is 24.4. The Bertz CT molecular complexity index is 1060. The fourth-order valence-corrected chi connectivity index (χ4v) is 2.71. The van der Waals surface area contributed by atoms with Gasteiger partial charge in [0, 0.05) is 5.56 Å². The molecular weight excluding hydrogens is 392 g/mol. The number of hydrazone groups is 1. The van der Waals surface area contributed by atoms with E-state index in [1.54, 1.807) is 60.7 Å². The molecule has 1 amide bonds. The minimum Gasteiger partial charge on any atom is -0.494 e. The molecule has 0 unspecified atom stereocenters. The predicted molar refractivity (Wildman–Crippen MR) is 120 cm³/mol. The van der Waals surface area contributed by atoms with E-state index in [0.717, 1.165) is 23.3 Å². The van der Waals surface area contributed by atoms with Crippen molar-refractivity contribution >= 4 is 18.1 Å². The second-order valence-corrected chi connectivity index (χ2v) is 6.90. The van der Waals surface area contributed by atoms with Crippen molar-refractivity contribution in [3.8, 4) is 11.5 Å². The number of esters is 1. The summed E-state index contributed by atoms with van der Waals surface area (Å²) in [6, 6.07) is 20.9. The van der Waals surface area contributed by atoms with E-state index >= 15 is 0 Å². The van der Waals surface area contributed by atoms with Crippen LogP contribution in [0.1, 0.15) is 45.2 Å². The van der Waals surface area contributed by atoms with Crippen LogP contribution in [0.25, 0.3) is 0 Å². The second kappa shape index (κ2) is 10.7. The summed E-state index contributed by atoms with van der Waals surface area (Å²) in [7, 11) is 0. The van der Waals surface area contributed by atoms with Crippen molar-refractivity contribution in [3.05, 3.63) is 95.1 Å². The number of carbonyl (C=O) groups is 2. The van der Waals surface area contributed by atoms with E-state index in [-0.39, 0.29) is 5.91 Å². The lowest BCUT2D eigenvalue weighted by Crippen LogP contribution is -2.17. The molecule has 0 aliphatic heterocycles. The third-order valence-corrected chi connectivity index (χ3v) is 4.31. The molecule has 0 saturated carbocycles. The van der Waals surface area contributed by atoms with E-state index < -0.39 is 5.97 Å². The third kappa shape index (κ3) is 6.54. The topological polar surface area (TPSA) is 77.0 Å². The van der Waals surface area contributed by atoms with Gasteiger partial charge in [0.2, 0.25) is 0 Å². The summed E-state index contributed by atoms with van der Waals surface area (Å²) in [6.07, 6.45) is 2.44. The van der Waals surface area contributed by atoms with Crippen molar-refractivity contribution in [1.82, 2.24) is 5.43 Å². The first kappa shape index (κ1) is 21.8. The Morgan fingerprint density at radius 3 is 2.32 bits per heavy atom. The Kier molecular flexibility index (Phi) is 7.54. The van der Waals surface area contributed by atoms with E-state index in [4.69, 9.17) is 9.47 Å². The van der Waals surface area contributed by atoms with Gasteiger partial charge in [-0.25, -0.2) is 10.2 Å². The van der Waals surface area contributed by atoms with Gasteiger partial charge in [0.1, 0.15) is 11.5 Å². The first-order valence-corrected chi connectivity index (χ1v) is 10.0. The Labute approximate surface area is 181 Å². The van der Waals surface area contributed by atoms with Crippen LogP contribution in [0.5, 0.6) is 11.5 Å². The standard InChI is InChI=1S/C25H24N2O4/c1-3-15-30-22-13-9-20(10-14-22)24(28)27-26-17-19-7-11-23(12-8-19)31-25(29)21-6-4-5-18(2)16-21/h4-14,16-17H,3,15H2,1-2H3,(H,27,28)/b26-17-. The Hall–Kier alpha value is -3.93. The number of nitrogens with one attached hydrogen (secondary N) is 1. The summed E-state index contributed by atoms with van der Waals surface area (Å²) < 4.78 is 10.9. The van der Waals surface area contributed by atoms with Crippen LogP contribution in [0.4, 0.5) is 0 Å². The Balaban J connectivity index is 1.52. The van der Waals surface area contributed by atoms with Crippen LogP contribution in [0.2, 0.25) is 0 Å². The minimum atomic E-state index is -0.413. The zero-order chi connectivity index (χ0) is 22.1. The monoisotopic (exact) mass is 416 g/mol. The van der Waals surface area contributed by atoms with Crippen LogP contribution in [-0.2, 0) is 0 Å². The van der Waals surface area contributed by atoms with Crippen molar-refractivity contribution in [3.63, 3.8) is 0 Å². The molecule has 3 aromatic carbocycles. The molecule has 0 bridgehead atoms. The summed E-state index contributed by atoms with van der Waals surface area (Å²) in [6.45, 7) is 4.59. The van der Waals surface area contributed by atoms with Crippen molar-refractivity contribution in [1.29, 1.82) is 0 Å². The molecule has 1 N–H and O–H groups in total. The molecule has 0 aromatic heterocycles. The van der Waals surface area contributed by atoms with E-state index in [9.17, 15) is 9.59 Å². The smallest absolute Gasteiger partial charge is 0.343 e. The average Bonchev–Trinajstić information content (AvgIpc) is 2.79. The molecule has 0 radical (unpaired) electrons. The van der Waals surface area contributed by atoms with Crippen LogP contribution in [0.3, 0.4) is 0 Å². The normalized spacial score (nSPS) is 10.6. The number of carbonyl (C=O) groups excluding carboxylic acids is 2. The van der Waals surface area contributed by atoms with Crippen molar-refractivity contribution in [2.45, 2.75) is 20.3 Å². The molecule has 6 heteroatoms.